The Hall–Kier alpha value is -2.02. The topological polar surface area (TPSA) is 58.9 Å². The maximum absolute atomic E-state index is 9.58. The summed E-state index contributed by atoms with van der Waals surface area (Å²) in [5, 5.41) is 0. The van der Waals surface area contributed by atoms with Gasteiger partial charge in [-0.3, -0.25) is 19.6 Å². The maximum atomic E-state index is 9.58. The monoisotopic (exact) mass is 268 g/mol. The third kappa shape index (κ3) is 6.21. The number of aliphatic imine (C=N–C) groups is 2. The van der Waals surface area contributed by atoms with Crippen LogP contribution in [0.4, 0.5) is 11.4 Å². The minimum atomic E-state index is 0. The van der Waals surface area contributed by atoms with Crippen LogP contribution in [0.25, 0.3) is 0 Å². The molecule has 2 aromatic carbocycles. The minimum Gasteiger partial charge on any atom is -0.278 e. The first kappa shape index (κ1) is 15.0. The van der Waals surface area contributed by atoms with E-state index in [9.17, 15) is 9.59 Å². The fourth-order valence-electron chi connectivity index (χ4n) is 0.982. The zero-order valence-electron chi connectivity index (χ0n) is 8.68. The Balaban J connectivity index is 0.000000284. The van der Waals surface area contributed by atoms with Crippen molar-refractivity contribution < 1.29 is 26.7 Å². The summed E-state index contributed by atoms with van der Waals surface area (Å²) in [6.07, 6.45) is 2.89. The van der Waals surface area contributed by atoms with Crippen molar-refractivity contribution in [2.75, 3.05) is 0 Å². The zero-order chi connectivity index (χ0) is 11.6. The fourth-order valence-corrected chi connectivity index (χ4v) is 0.982. The molecule has 2 aromatic rings. The van der Waals surface area contributed by atoms with Crippen LogP contribution < -0.4 is 0 Å². The van der Waals surface area contributed by atoms with Crippen molar-refractivity contribution in [3.8, 4) is 0 Å². The second-order valence-electron chi connectivity index (χ2n) is 2.69. The van der Waals surface area contributed by atoms with Gasteiger partial charge in [-0.25, -0.2) is 0 Å². The van der Waals surface area contributed by atoms with Gasteiger partial charge in [0.2, 0.25) is 0 Å². The van der Waals surface area contributed by atoms with Gasteiger partial charge in [-0.2, -0.15) is 24.3 Å². The Labute approximate surface area is 109 Å². The Morgan fingerprint density at radius 2 is 1.00 bits per heavy atom. The molecule has 86 valence electrons. The molecule has 0 N–H and O–H groups in total. The van der Waals surface area contributed by atoms with Crippen molar-refractivity contribution in [1.29, 1.82) is 0 Å². The molecule has 0 bridgehead atoms. The molecule has 0 atom stereocenters. The van der Waals surface area contributed by atoms with E-state index in [2.05, 4.69) is 9.98 Å². The van der Waals surface area contributed by atoms with E-state index in [1.165, 1.54) is 12.2 Å². The molecule has 0 heterocycles. The van der Waals surface area contributed by atoms with E-state index in [4.69, 9.17) is 0 Å². The van der Waals surface area contributed by atoms with Gasteiger partial charge in [0.1, 0.15) is 12.2 Å². The predicted molar refractivity (Wildman–Crippen MR) is 59.6 cm³/mol. The van der Waals surface area contributed by atoms with Gasteiger partial charge in [-0.15, -0.1) is 24.3 Å². The third-order valence-corrected chi connectivity index (χ3v) is 1.64. The second kappa shape index (κ2) is 9.22. The molecule has 0 amide bonds. The average Bonchev–Trinajstić information content (AvgIpc) is 2.92. The van der Waals surface area contributed by atoms with Gasteiger partial charge in [-0.1, -0.05) is 0 Å². The van der Waals surface area contributed by atoms with Crippen molar-refractivity contribution >= 4 is 23.5 Å². The van der Waals surface area contributed by atoms with Gasteiger partial charge in [0, 0.05) is 0 Å². The van der Waals surface area contributed by atoms with Crippen molar-refractivity contribution in [3.05, 3.63) is 48.5 Å². The first-order valence-electron chi connectivity index (χ1n) is 4.46. The van der Waals surface area contributed by atoms with Gasteiger partial charge >= 0.3 is 17.1 Å². The number of carbonyl (C=O) groups excluding carboxylic acids is 2. The summed E-state index contributed by atoms with van der Waals surface area (Å²) in [6.45, 7) is 0. The standard InChI is InChI=1S/2C6H4NO.Fe/c2*8-5-7-6-3-1-2-4-6;/h2*1-4H;/q2*-1;+2. The summed E-state index contributed by atoms with van der Waals surface area (Å²) in [7, 11) is 0. The largest absolute Gasteiger partial charge is 2.00 e. The molecular weight excluding hydrogens is 260 g/mol. The third-order valence-electron chi connectivity index (χ3n) is 1.64. The molecule has 0 aromatic heterocycles. The molecule has 0 saturated heterocycles. The van der Waals surface area contributed by atoms with Crippen molar-refractivity contribution in [3.63, 3.8) is 0 Å². The van der Waals surface area contributed by atoms with Gasteiger partial charge in [0.05, 0.1) is 0 Å². The van der Waals surface area contributed by atoms with E-state index >= 15 is 0 Å². The summed E-state index contributed by atoms with van der Waals surface area (Å²) in [4.78, 5) is 25.9. The Morgan fingerprint density at radius 1 is 0.706 bits per heavy atom. The van der Waals surface area contributed by atoms with E-state index in [1.807, 2.05) is 24.3 Å². The molecular formula is C12H8FeN2O2. The molecule has 4 nitrogen and oxygen atoms in total. The predicted octanol–water partition coefficient (Wildman–Crippen LogP) is 2.74. The van der Waals surface area contributed by atoms with E-state index in [-0.39, 0.29) is 17.1 Å². The second-order valence-corrected chi connectivity index (χ2v) is 2.69. The molecule has 0 aliphatic carbocycles. The number of rotatable bonds is 2. The van der Waals surface area contributed by atoms with Crippen LogP contribution in [0.3, 0.4) is 0 Å². The molecule has 2 rings (SSSR count). The summed E-state index contributed by atoms with van der Waals surface area (Å²) in [5.41, 5.74) is 1.33. The van der Waals surface area contributed by atoms with Crippen LogP contribution >= 0.6 is 0 Å². The van der Waals surface area contributed by atoms with Crippen LogP contribution in [-0.4, -0.2) is 12.2 Å². The van der Waals surface area contributed by atoms with E-state index in [0.29, 0.717) is 11.4 Å². The van der Waals surface area contributed by atoms with Crippen LogP contribution in [0.1, 0.15) is 0 Å². The SMILES string of the molecule is O=C=N[c-]1cccc1.O=C=N[c-]1cccc1.[Fe+2]. The quantitative estimate of drug-likeness (QED) is 0.364. The Bertz CT molecular complexity index is 442. The van der Waals surface area contributed by atoms with Crippen LogP contribution in [0.15, 0.2) is 58.5 Å². The van der Waals surface area contributed by atoms with E-state index < -0.39 is 0 Å². The first-order chi connectivity index (χ1) is 7.86. The molecule has 17 heavy (non-hydrogen) atoms. The van der Waals surface area contributed by atoms with Crippen molar-refractivity contribution in [1.82, 2.24) is 0 Å². The van der Waals surface area contributed by atoms with Crippen LogP contribution in [0, 0.1) is 0 Å². The molecule has 0 fully saturated rings. The molecule has 0 saturated carbocycles. The normalized spacial score (nSPS) is 7.53. The zero-order valence-corrected chi connectivity index (χ0v) is 9.79. The summed E-state index contributed by atoms with van der Waals surface area (Å²) >= 11 is 0. The molecule has 0 unspecified atom stereocenters. The van der Waals surface area contributed by atoms with Gasteiger partial charge < -0.3 is 0 Å². The van der Waals surface area contributed by atoms with Crippen LogP contribution in [0.5, 0.6) is 0 Å². The van der Waals surface area contributed by atoms with Gasteiger partial charge in [-0.05, 0) is 11.4 Å². The number of hydrogen-bond donors (Lipinski definition) is 0. The number of isocyanates is 2. The number of hydrogen-bond acceptors (Lipinski definition) is 4. The van der Waals surface area contributed by atoms with Crippen molar-refractivity contribution in [2.24, 2.45) is 9.98 Å². The summed E-state index contributed by atoms with van der Waals surface area (Å²) in [6, 6.07) is 14.2. The van der Waals surface area contributed by atoms with E-state index in [1.54, 1.807) is 24.3 Å². The molecule has 0 aliphatic rings. The van der Waals surface area contributed by atoms with Crippen LogP contribution in [0.2, 0.25) is 0 Å². The molecule has 0 aliphatic heterocycles. The molecule has 0 radical (unpaired) electrons. The molecule has 0 spiro atoms. The first-order valence-corrected chi connectivity index (χ1v) is 4.46. The van der Waals surface area contributed by atoms with E-state index in [0.717, 1.165) is 0 Å². The van der Waals surface area contributed by atoms with Crippen LogP contribution in [-0.2, 0) is 26.7 Å². The average molecular weight is 268 g/mol. The maximum Gasteiger partial charge on any atom is 2.00 e. The number of nitrogens with zero attached hydrogens (tertiary/aromatic N) is 2. The smallest absolute Gasteiger partial charge is 0.278 e. The summed E-state index contributed by atoms with van der Waals surface area (Å²) < 4.78 is 0. The Kier molecular flexibility index (Phi) is 8.13. The minimum absolute atomic E-state index is 0. The van der Waals surface area contributed by atoms with Crippen molar-refractivity contribution in [2.45, 2.75) is 0 Å². The Morgan fingerprint density at radius 3 is 1.24 bits per heavy atom. The molecule has 5 heteroatoms. The summed E-state index contributed by atoms with van der Waals surface area (Å²) in [5.74, 6) is 0. The fraction of sp³-hybridized carbons (Fsp3) is 0. The van der Waals surface area contributed by atoms with Gasteiger partial charge in [0.15, 0.2) is 0 Å². The van der Waals surface area contributed by atoms with Gasteiger partial charge in [0.25, 0.3) is 0 Å².